The lowest BCUT2D eigenvalue weighted by Crippen LogP contribution is -1.99. The molecule has 0 atom stereocenters. The molecule has 0 unspecified atom stereocenters. The highest BCUT2D eigenvalue weighted by Crippen LogP contribution is 2.27. The number of nitrogens with zero attached hydrogens (tertiary/aromatic N) is 1. The zero-order valence-electron chi connectivity index (χ0n) is 7.68. The highest BCUT2D eigenvalue weighted by atomic mass is 79.9. The Morgan fingerprint density at radius 2 is 2.29 bits per heavy atom. The zero-order valence-corrected chi connectivity index (χ0v) is 9.27. The fraction of sp³-hybridized carbons (Fsp3) is 0.300. The van der Waals surface area contributed by atoms with Crippen molar-refractivity contribution in [2.24, 2.45) is 0 Å². The van der Waals surface area contributed by atoms with Crippen molar-refractivity contribution in [3.05, 3.63) is 28.0 Å². The van der Waals surface area contributed by atoms with E-state index >= 15 is 0 Å². The zero-order chi connectivity index (χ0) is 10.6. The third-order valence-corrected chi connectivity index (χ3v) is 2.10. The lowest BCUT2D eigenvalue weighted by Gasteiger charge is -2.09. The van der Waals surface area contributed by atoms with Crippen LogP contribution in [-0.2, 0) is 6.42 Å². The van der Waals surface area contributed by atoms with E-state index in [1.54, 1.807) is 13.0 Å². The molecule has 14 heavy (non-hydrogen) atoms. The molecule has 0 saturated heterocycles. The molecular formula is C10H9BrFNO. The van der Waals surface area contributed by atoms with Gasteiger partial charge in [-0.05, 0) is 19.1 Å². The summed E-state index contributed by atoms with van der Waals surface area (Å²) in [5.74, 6) is -0.260. The predicted octanol–water partition coefficient (Wildman–Crippen LogP) is 3.05. The summed E-state index contributed by atoms with van der Waals surface area (Å²) < 4.78 is 19.1. The molecule has 1 aromatic rings. The standard InChI is InChI=1S/C10H9BrFNO/c1-2-14-10-7(3-4-13)5-8(11)6-9(10)12/h5-6H,2-3H2,1H3. The summed E-state index contributed by atoms with van der Waals surface area (Å²) in [6, 6.07) is 4.99. The minimum absolute atomic E-state index is 0.145. The van der Waals surface area contributed by atoms with E-state index in [-0.39, 0.29) is 12.2 Å². The number of benzene rings is 1. The second-order valence-corrected chi connectivity index (χ2v) is 3.56. The Labute approximate surface area is 90.4 Å². The Bertz CT molecular complexity index is 373. The molecule has 0 aliphatic heterocycles. The Balaban J connectivity index is 3.16. The van der Waals surface area contributed by atoms with Crippen LogP contribution in [0, 0.1) is 17.1 Å². The molecular weight excluding hydrogens is 249 g/mol. The lowest BCUT2D eigenvalue weighted by molar-refractivity contribution is 0.318. The second kappa shape index (κ2) is 4.97. The van der Waals surface area contributed by atoms with E-state index in [0.717, 1.165) is 0 Å². The van der Waals surface area contributed by atoms with Crippen molar-refractivity contribution in [1.82, 2.24) is 0 Å². The monoisotopic (exact) mass is 257 g/mol. The molecule has 0 amide bonds. The van der Waals surface area contributed by atoms with Crippen LogP contribution in [0.25, 0.3) is 0 Å². The molecule has 2 nitrogen and oxygen atoms in total. The Hall–Kier alpha value is -1.08. The Kier molecular flexibility index (Phi) is 3.90. The maximum Gasteiger partial charge on any atom is 0.166 e. The molecule has 0 aliphatic rings. The van der Waals surface area contributed by atoms with Gasteiger partial charge in [0.2, 0.25) is 0 Å². The highest BCUT2D eigenvalue weighted by molar-refractivity contribution is 9.10. The number of halogens is 2. The minimum atomic E-state index is -0.438. The van der Waals surface area contributed by atoms with Crippen molar-refractivity contribution >= 4 is 15.9 Å². The van der Waals surface area contributed by atoms with Crippen molar-refractivity contribution in [2.75, 3.05) is 6.61 Å². The fourth-order valence-corrected chi connectivity index (χ4v) is 1.61. The maximum absolute atomic E-state index is 13.4. The van der Waals surface area contributed by atoms with E-state index in [4.69, 9.17) is 10.00 Å². The molecule has 1 rings (SSSR count). The molecule has 0 radical (unpaired) electrons. The van der Waals surface area contributed by atoms with Crippen LogP contribution in [0.4, 0.5) is 4.39 Å². The van der Waals surface area contributed by atoms with Crippen LogP contribution in [0.5, 0.6) is 5.75 Å². The summed E-state index contributed by atoms with van der Waals surface area (Å²) in [4.78, 5) is 0. The van der Waals surface area contributed by atoms with Crippen molar-refractivity contribution in [2.45, 2.75) is 13.3 Å². The Morgan fingerprint density at radius 1 is 1.57 bits per heavy atom. The first kappa shape index (κ1) is 11.0. The van der Waals surface area contributed by atoms with Gasteiger partial charge in [0.25, 0.3) is 0 Å². The quantitative estimate of drug-likeness (QED) is 0.834. The van der Waals surface area contributed by atoms with Gasteiger partial charge < -0.3 is 4.74 Å². The number of hydrogen-bond donors (Lipinski definition) is 0. The highest BCUT2D eigenvalue weighted by Gasteiger charge is 2.10. The smallest absolute Gasteiger partial charge is 0.166 e. The third-order valence-electron chi connectivity index (χ3n) is 1.64. The molecule has 1 aromatic carbocycles. The molecule has 4 heteroatoms. The maximum atomic E-state index is 13.4. The van der Waals surface area contributed by atoms with Crippen molar-refractivity contribution in [3.8, 4) is 11.8 Å². The predicted molar refractivity (Wildman–Crippen MR) is 54.6 cm³/mol. The van der Waals surface area contributed by atoms with Gasteiger partial charge >= 0.3 is 0 Å². The first-order valence-electron chi connectivity index (χ1n) is 4.16. The number of rotatable bonds is 3. The van der Waals surface area contributed by atoms with Crippen LogP contribution >= 0.6 is 15.9 Å². The fourth-order valence-electron chi connectivity index (χ4n) is 1.14. The first-order chi connectivity index (χ1) is 6.69. The average Bonchev–Trinajstić information content (AvgIpc) is 2.11. The van der Waals surface area contributed by atoms with Gasteiger partial charge in [0.05, 0.1) is 19.1 Å². The van der Waals surface area contributed by atoms with Crippen LogP contribution in [-0.4, -0.2) is 6.61 Å². The van der Waals surface area contributed by atoms with Gasteiger partial charge in [-0.2, -0.15) is 5.26 Å². The van der Waals surface area contributed by atoms with Gasteiger partial charge in [-0.25, -0.2) is 4.39 Å². The van der Waals surface area contributed by atoms with E-state index in [1.165, 1.54) is 6.07 Å². The largest absolute Gasteiger partial charge is 0.490 e. The van der Waals surface area contributed by atoms with Crippen LogP contribution < -0.4 is 4.74 Å². The molecule has 0 heterocycles. The van der Waals surface area contributed by atoms with Gasteiger partial charge in [-0.15, -0.1) is 0 Å². The molecule has 0 fully saturated rings. The number of nitriles is 1. The minimum Gasteiger partial charge on any atom is -0.490 e. The molecule has 0 bridgehead atoms. The van der Waals surface area contributed by atoms with Crippen molar-refractivity contribution in [3.63, 3.8) is 0 Å². The normalized spacial score (nSPS) is 9.57. The second-order valence-electron chi connectivity index (χ2n) is 2.64. The van der Waals surface area contributed by atoms with Crippen molar-refractivity contribution in [1.29, 1.82) is 5.26 Å². The first-order valence-corrected chi connectivity index (χ1v) is 4.96. The van der Waals surface area contributed by atoms with E-state index in [2.05, 4.69) is 15.9 Å². The SMILES string of the molecule is CCOc1c(F)cc(Br)cc1CC#N. The molecule has 74 valence electrons. The van der Waals surface area contributed by atoms with Crippen LogP contribution in [0.3, 0.4) is 0 Å². The molecule has 0 N–H and O–H groups in total. The van der Waals surface area contributed by atoms with Crippen LogP contribution in [0.1, 0.15) is 12.5 Å². The summed E-state index contributed by atoms with van der Waals surface area (Å²) in [6.07, 6.45) is 0.145. The summed E-state index contributed by atoms with van der Waals surface area (Å²) in [5, 5.41) is 8.55. The van der Waals surface area contributed by atoms with Gasteiger partial charge in [0.15, 0.2) is 11.6 Å². The van der Waals surface area contributed by atoms with Crippen LogP contribution in [0.2, 0.25) is 0 Å². The van der Waals surface area contributed by atoms with E-state index < -0.39 is 5.82 Å². The third kappa shape index (κ3) is 2.46. The summed E-state index contributed by atoms with van der Waals surface area (Å²) in [5.41, 5.74) is 0.571. The summed E-state index contributed by atoms with van der Waals surface area (Å²) >= 11 is 3.16. The molecule has 0 spiro atoms. The van der Waals surface area contributed by atoms with Crippen molar-refractivity contribution < 1.29 is 9.13 Å². The van der Waals surface area contributed by atoms with Gasteiger partial charge in [-0.3, -0.25) is 0 Å². The molecule has 0 aromatic heterocycles. The number of ether oxygens (including phenoxy) is 1. The van der Waals surface area contributed by atoms with E-state index in [1.807, 2.05) is 6.07 Å². The average molecular weight is 258 g/mol. The summed E-state index contributed by atoms with van der Waals surface area (Å²) in [7, 11) is 0. The van der Waals surface area contributed by atoms with Crippen LogP contribution in [0.15, 0.2) is 16.6 Å². The van der Waals surface area contributed by atoms with Gasteiger partial charge in [-0.1, -0.05) is 15.9 Å². The van der Waals surface area contributed by atoms with Gasteiger partial charge in [0.1, 0.15) is 0 Å². The number of hydrogen-bond acceptors (Lipinski definition) is 2. The lowest BCUT2D eigenvalue weighted by atomic mass is 10.1. The van der Waals surface area contributed by atoms with Gasteiger partial charge in [0, 0.05) is 10.0 Å². The molecule has 0 aliphatic carbocycles. The van der Waals surface area contributed by atoms with E-state index in [9.17, 15) is 4.39 Å². The molecule has 0 saturated carbocycles. The topological polar surface area (TPSA) is 33.0 Å². The summed E-state index contributed by atoms with van der Waals surface area (Å²) in [6.45, 7) is 2.16. The van der Waals surface area contributed by atoms with E-state index in [0.29, 0.717) is 16.6 Å². The Morgan fingerprint density at radius 3 is 2.86 bits per heavy atom.